The number of methoxy groups -OCH3 is 2. The van der Waals surface area contributed by atoms with Crippen molar-refractivity contribution in [2.75, 3.05) is 34.4 Å². The number of amides is 1. The van der Waals surface area contributed by atoms with Crippen LogP contribution in [-0.4, -0.2) is 62.1 Å². The third-order valence-electron chi connectivity index (χ3n) is 6.70. The van der Waals surface area contributed by atoms with Gasteiger partial charge in [-0.25, -0.2) is 0 Å². The Labute approximate surface area is 185 Å². The Bertz CT molecular complexity index is 930. The smallest absolute Gasteiger partial charge is 0.246 e. The van der Waals surface area contributed by atoms with Crippen LogP contribution in [-0.2, 0) is 17.6 Å². The van der Waals surface area contributed by atoms with Crippen molar-refractivity contribution in [1.29, 1.82) is 0 Å². The van der Waals surface area contributed by atoms with Gasteiger partial charge in [-0.15, -0.1) is 0 Å². The summed E-state index contributed by atoms with van der Waals surface area (Å²) in [5.74, 6) is 1.38. The van der Waals surface area contributed by atoms with Gasteiger partial charge in [0.25, 0.3) is 0 Å². The zero-order chi connectivity index (χ0) is 21.8. The van der Waals surface area contributed by atoms with E-state index in [4.69, 9.17) is 9.47 Å². The van der Waals surface area contributed by atoms with E-state index in [9.17, 15) is 4.79 Å². The van der Waals surface area contributed by atoms with Crippen molar-refractivity contribution in [3.63, 3.8) is 0 Å². The molecule has 5 nitrogen and oxygen atoms in total. The molecule has 1 saturated heterocycles. The molecule has 1 amide bonds. The first-order valence-electron chi connectivity index (χ1n) is 11.1. The number of rotatable bonds is 6. The van der Waals surface area contributed by atoms with Crippen LogP contribution >= 0.6 is 0 Å². The highest BCUT2D eigenvalue weighted by molar-refractivity contribution is 5.92. The molecule has 1 unspecified atom stereocenters. The van der Waals surface area contributed by atoms with Crippen molar-refractivity contribution < 1.29 is 14.3 Å². The summed E-state index contributed by atoms with van der Waals surface area (Å²) in [6.45, 7) is 2.07. The maximum absolute atomic E-state index is 12.9. The number of hydrogen-bond acceptors (Lipinski definition) is 4. The summed E-state index contributed by atoms with van der Waals surface area (Å²) in [5, 5.41) is 0. The number of nitrogens with zero attached hydrogens (tertiary/aromatic N) is 2. The fraction of sp³-hybridized carbons (Fsp3) is 0.423. The molecule has 0 aromatic heterocycles. The normalized spacial score (nSPS) is 19.4. The Morgan fingerprint density at radius 1 is 1.06 bits per heavy atom. The van der Waals surface area contributed by atoms with Gasteiger partial charge in [-0.3, -0.25) is 9.69 Å². The Balaban J connectivity index is 1.37. The summed E-state index contributed by atoms with van der Waals surface area (Å²) in [6.07, 6.45) is 7.94. The molecular weight excluding hydrogens is 388 g/mol. The van der Waals surface area contributed by atoms with Crippen LogP contribution in [0.1, 0.15) is 29.5 Å². The fourth-order valence-corrected chi connectivity index (χ4v) is 4.85. The zero-order valence-electron chi connectivity index (χ0n) is 18.7. The van der Waals surface area contributed by atoms with Crippen LogP contribution in [0.3, 0.4) is 0 Å². The van der Waals surface area contributed by atoms with Gasteiger partial charge in [-0.1, -0.05) is 30.3 Å². The van der Waals surface area contributed by atoms with E-state index in [1.54, 1.807) is 20.3 Å². The van der Waals surface area contributed by atoms with E-state index in [1.807, 2.05) is 36.2 Å². The Morgan fingerprint density at radius 3 is 2.45 bits per heavy atom. The average Bonchev–Trinajstić information content (AvgIpc) is 3.26. The number of carbonyl (C=O) groups excluding carboxylic acids is 1. The molecule has 31 heavy (non-hydrogen) atoms. The van der Waals surface area contributed by atoms with Crippen molar-refractivity contribution >= 4 is 12.0 Å². The lowest BCUT2D eigenvalue weighted by Crippen LogP contribution is -2.51. The molecule has 0 bridgehead atoms. The van der Waals surface area contributed by atoms with E-state index >= 15 is 0 Å². The molecule has 2 aromatic rings. The Hall–Kier alpha value is -2.79. The summed E-state index contributed by atoms with van der Waals surface area (Å²) >= 11 is 0. The summed E-state index contributed by atoms with van der Waals surface area (Å²) in [6, 6.07) is 15.2. The molecule has 1 atom stereocenters. The van der Waals surface area contributed by atoms with Crippen LogP contribution in [0.15, 0.2) is 48.5 Å². The quantitative estimate of drug-likeness (QED) is 0.667. The van der Waals surface area contributed by atoms with Gasteiger partial charge in [0.2, 0.25) is 5.91 Å². The van der Waals surface area contributed by atoms with Crippen LogP contribution in [0.2, 0.25) is 0 Å². The number of hydrogen-bond donors (Lipinski definition) is 0. The summed E-state index contributed by atoms with van der Waals surface area (Å²) in [4.78, 5) is 17.4. The number of benzene rings is 2. The molecule has 2 aliphatic rings. The molecule has 1 aliphatic carbocycles. The summed E-state index contributed by atoms with van der Waals surface area (Å²) in [5.41, 5.74) is 3.88. The van der Waals surface area contributed by atoms with Crippen LogP contribution in [0.5, 0.6) is 11.5 Å². The number of likely N-dealkylation sites (N-methyl/N-ethyl adjacent to an activating group) is 1. The van der Waals surface area contributed by atoms with Crippen LogP contribution in [0.25, 0.3) is 6.08 Å². The van der Waals surface area contributed by atoms with Gasteiger partial charge in [-0.05, 0) is 67.1 Å². The second kappa shape index (κ2) is 9.56. The minimum absolute atomic E-state index is 0.0383. The highest BCUT2D eigenvalue weighted by Gasteiger charge is 2.32. The van der Waals surface area contributed by atoms with Crippen LogP contribution in [0.4, 0.5) is 0 Å². The predicted molar refractivity (Wildman–Crippen MR) is 124 cm³/mol. The molecule has 0 radical (unpaired) electrons. The maximum atomic E-state index is 12.9. The van der Waals surface area contributed by atoms with Gasteiger partial charge in [0.15, 0.2) is 11.5 Å². The van der Waals surface area contributed by atoms with Crippen molar-refractivity contribution in [2.45, 2.75) is 37.8 Å². The van der Waals surface area contributed by atoms with Gasteiger partial charge >= 0.3 is 0 Å². The predicted octanol–water partition coefficient (Wildman–Crippen LogP) is 3.81. The van der Waals surface area contributed by atoms with Crippen LogP contribution < -0.4 is 9.47 Å². The minimum atomic E-state index is 0.0383. The first-order chi connectivity index (χ1) is 15.1. The van der Waals surface area contributed by atoms with Gasteiger partial charge in [0.1, 0.15) is 0 Å². The largest absolute Gasteiger partial charge is 0.493 e. The molecule has 2 aromatic carbocycles. The van der Waals surface area contributed by atoms with E-state index < -0.39 is 0 Å². The van der Waals surface area contributed by atoms with Gasteiger partial charge < -0.3 is 14.4 Å². The highest BCUT2D eigenvalue weighted by atomic mass is 16.5. The van der Waals surface area contributed by atoms with Gasteiger partial charge in [-0.2, -0.15) is 0 Å². The van der Waals surface area contributed by atoms with Crippen molar-refractivity contribution in [3.05, 3.63) is 65.2 Å². The molecule has 1 aliphatic heterocycles. The van der Waals surface area contributed by atoms with Crippen molar-refractivity contribution in [2.24, 2.45) is 0 Å². The molecule has 1 heterocycles. The monoisotopic (exact) mass is 420 g/mol. The summed E-state index contributed by atoms with van der Waals surface area (Å²) < 4.78 is 10.6. The average molecular weight is 421 g/mol. The van der Waals surface area contributed by atoms with Crippen molar-refractivity contribution in [1.82, 2.24) is 9.80 Å². The first-order valence-corrected chi connectivity index (χ1v) is 11.1. The third-order valence-corrected chi connectivity index (χ3v) is 6.70. The number of ether oxygens (including phenoxy) is 2. The molecule has 1 fully saturated rings. The lowest BCUT2D eigenvalue weighted by Gasteiger charge is -2.40. The number of likely N-dealkylation sites (tertiary alicyclic amines) is 1. The van der Waals surface area contributed by atoms with Crippen LogP contribution in [0, 0.1) is 0 Å². The van der Waals surface area contributed by atoms with Gasteiger partial charge in [0, 0.05) is 31.8 Å². The molecule has 164 valence electrons. The SMILES string of the molecule is COc1ccc(C=CC(=O)N(C)C2CCCN(C3Cc4ccccc4C3)C2)cc1OC. The molecule has 0 N–H and O–H groups in total. The summed E-state index contributed by atoms with van der Waals surface area (Å²) in [7, 11) is 5.16. The number of carbonyl (C=O) groups is 1. The van der Waals surface area contributed by atoms with E-state index in [0.717, 1.165) is 44.3 Å². The Kier molecular flexibility index (Phi) is 6.62. The number of fused-ring (bicyclic) bond motifs is 1. The molecular formula is C26H32N2O3. The third kappa shape index (κ3) is 4.77. The standard InChI is InChI=1S/C26H32N2O3/c1-27(26(29)13-11-19-10-12-24(30-2)25(15-19)31-3)22-9-6-14-28(18-22)23-16-20-7-4-5-8-21(20)17-23/h4-5,7-8,10-13,15,22-23H,6,9,14,16-18H2,1-3H3. The maximum Gasteiger partial charge on any atom is 0.246 e. The zero-order valence-corrected chi connectivity index (χ0v) is 18.7. The van der Waals surface area contributed by atoms with Gasteiger partial charge in [0.05, 0.1) is 14.2 Å². The molecule has 5 heteroatoms. The van der Waals surface area contributed by atoms with Crippen molar-refractivity contribution in [3.8, 4) is 11.5 Å². The van der Waals surface area contributed by atoms with E-state index in [2.05, 4.69) is 29.2 Å². The lowest BCUT2D eigenvalue weighted by molar-refractivity contribution is -0.127. The molecule has 0 saturated carbocycles. The molecule has 4 rings (SSSR count). The number of piperidine rings is 1. The minimum Gasteiger partial charge on any atom is -0.493 e. The Morgan fingerprint density at radius 2 is 1.77 bits per heavy atom. The second-order valence-corrected chi connectivity index (χ2v) is 8.52. The van der Waals surface area contributed by atoms with E-state index in [0.29, 0.717) is 17.5 Å². The fourth-order valence-electron chi connectivity index (χ4n) is 4.85. The topological polar surface area (TPSA) is 42.0 Å². The molecule has 0 spiro atoms. The highest BCUT2D eigenvalue weighted by Crippen LogP contribution is 2.29. The van der Waals surface area contributed by atoms with E-state index in [-0.39, 0.29) is 11.9 Å². The first kappa shape index (κ1) is 21.4. The van der Waals surface area contributed by atoms with E-state index in [1.165, 1.54) is 11.1 Å². The lowest BCUT2D eigenvalue weighted by atomic mass is 10.0. The second-order valence-electron chi connectivity index (χ2n) is 8.52.